The number of amides is 1. The fourth-order valence-electron chi connectivity index (χ4n) is 4.18. The van der Waals surface area contributed by atoms with E-state index in [0.717, 1.165) is 22.9 Å². The van der Waals surface area contributed by atoms with Crippen LogP contribution in [0.15, 0.2) is 53.6 Å². The third-order valence-electron chi connectivity index (χ3n) is 5.96. The Morgan fingerprint density at radius 2 is 1.72 bits per heavy atom. The number of fused-ring (bicyclic) bond motifs is 2. The van der Waals surface area contributed by atoms with Crippen molar-refractivity contribution in [1.29, 1.82) is 0 Å². The Morgan fingerprint density at radius 1 is 0.969 bits per heavy atom. The zero-order valence-corrected chi connectivity index (χ0v) is 18.4. The summed E-state index contributed by atoms with van der Waals surface area (Å²) in [4.78, 5) is 18.0. The number of aromatic nitrogens is 1. The molecule has 0 radical (unpaired) electrons. The van der Waals surface area contributed by atoms with E-state index in [2.05, 4.69) is 4.98 Å². The highest BCUT2D eigenvalue weighted by molar-refractivity contribution is 7.89. The van der Waals surface area contributed by atoms with Gasteiger partial charge in [0, 0.05) is 55.8 Å². The van der Waals surface area contributed by atoms with Crippen LogP contribution < -0.4 is 9.47 Å². The number of nitrogens with one attached hydrogen (secondary N) is 1. The molecule has 168 valence electrons. The average Bonchev–Trinajstić information content (AvgIpc) is 3.06. The molecule has 2 aliphatic rings. The second-order valence-electron chi connectivity index (χ2n) is 7.98. The van der Waals surface area contributed by atoms with Crippen molar-refractivity contribution < 1.29 is 22.7 Å². The van der Waals surface area contributed by atoms with Crippen molar-refractivity contribution in [3.63, 3.8) is 0 Å². The maximum absolute atomic E-state index is 13.2. The SMILES string of the molecule is O=C(Cc1c[nH]c2ccccc12)N1CCN(S(=O)(=O)c2ccc3c(c2)OCCCO3)CC1. The Bertz CT molecular complexity index is 1250. The summed E-state index contributed by atoms with van der Waals surface area (Å²) >= 11 is 0. The average molecular weight is 456 g/mol. The Morgan fingerprint density at radius 3 is 2.53 bits per heavy atom. The Labute approximate surface area is 186 Å². The predicted octanol–water partition coefficient (Wildman–Crippen LogP) is 2.40. The number of H-pyrrole nitrogens is 1. The standard InChI is InChI=1S/C23H25N3O5S/c27-23(14-17-16-24-20-5-2-1-4-19(17)20)25-8-10-26(11-9-25)32(28,29)18-6-7-21-22(15-18)31-13-3-12-30-21/h1-2,4-7,15-16,24H,3,8-14H2. The minimum Gasteiger partial charge on any atom is -0.490 e. The lowest BCUT2D eigenvalue weighted by molar-refractivity contribution is -0.131. The minimum atomic E-state index is -3.68. The van der Waals surface area contributed by atoms with Gasteiger partial charge < -0.3 is 19.4 Å². The summed E-state index contributed by atoms with van der Waals surface area (Å²) in [5.41, 5.74) is 1.95. The van der Waals surface area contributed by atoms with Crippen LogP contribution in [0, 0.1) is 0 Å². The number of piperazine rings is 1. The van der Waals surface area contributed by atoms with Crippen molar-refractivity contribution >= 4 is 26.8 Å². The van der Waals surface area contributed by atoms with Gasteiger partial charge in [-0.1, -0.05) is 18.2 Å². The molecular weight excluding hydrogens is 430 g/mol. The van der Waals surface area contributed by atoms with Gasteiger partial charge in [0.1, 0.15) is 0 Å². The molecule has 0 saturated carbocycles. The summed E-state index contributed by atoms with van der Waals surface area (Å²) in [6.45, 7) is 2.30. The predicted molar refractivity (Wildman–Crippen MR) is 119 cm³/mol. The summed E-state index contributed by atoms with van der Waals surface area (Å²) in [5, 5.41) is 1.04. The molecule has 1 fully saturated rings. The molecule has 0 aliphatic carbocycles. The highest BCUT2D eigenvalue weighted by Crippen LogP contribution is 2.33. The Balaban J connectivity index is 1.25. The maximum atomic E-state index is 13.2. The molecule has 9 heteroatoms. The molecule has 1 N–H and O–H groups in total. The number of ether oxygens (including phenoxy) is 2. The van der Waals surface area contributed by atoms with Crippen LogP contribution in [0.5, 0.6) is 11.5 Å². The molecule has 0 unspecified atom stereocenters. The van der Waals surface area contributed by atoms with E-state index in [4.69, 9.17) is 9.47 Å². The highest BCUT2D eigenvalue weighted by Gasteiger charge is 2.31. The minimum absolute atomic E-state index is 0.00220. The van der Waals surface area contributed by atoms with E-state index in [-0.39, 0.29) is 23.9 Å². The fraction of sp³-hybridized carbons (Fsp3) is 0.348. The molecule has 3 heterocycles. The summed E-state index contributed by atoms with van der Waals surface area (Å²) in [7, 11) is -3.68. The van der Waals surface area contributed by atoms with Gasteiger partial charge >= 0.3 is 0 Å². The third kappa shape index (κ3) is 3.93. The number of para-hydroxylation sites is 1. The topological polar surface area (TPSA) is 91.9 Å². The molecule has 1 saturated heterocycles. The number of rotatable bonds is 4. The molecule has 3 aromatic rings. The van der Waals surface area contributed by atoms with Crippen molar-refractivity contribution in [1.82, 2.24) is 14.2 Å². The van der Waals surface area contributed by atoms with Gasteiger partial charge in [-0.15, -0.1) is 0 Å². The van der Waals surface area contributed by atoms with Gasteiger partial charge in [0.2, 0.25) is 15.9 Å². The van der Waals surface area contributed by atoms with Gasteiger partial charge in [0.25, 0.3) is 0 Å². The Hall–Kier alpha value is -3.04. The van der Waals surface area contributed by atoms with E-state index in [9.17, 15) is 13.2 Å². The molecule has 5 rings (SSSR count). The molecule has 1 aromatic heterocycles. The lowest BCUT2D eigenvalue weighted by Crippen LogP contribution is -2.50. The van der Waals surface area contributed by atoms with Crippen LogP contribution in [0.3, 0.4) is 0 Å². The lowest BCUT2D eigenvalue weighted by Gasteiger charge is -2.34. The second-order valence-corrected chi connectivity index (χ2v) is 9.92. The highest BCUT2D eigenvalue weighted by atomic mass is 32.2. The number of carbonyl (C=O) groups excluding carboxylic acids is 1. The van der Waals surface area contributed by atoms with Crippen molar-refractivity contribution in [3.05, 3.63) is 54.2 Å². The third-order valence-corrected chi connectivity index (χ3v) is 7.86. The van der Waals surface area contributed by atoms with Gasteiger partial charge in [-0.05, 0) is 23.8 Å². The number of hydrogen-bond acceptors (Lipinski definition) is 5. The summed E-state index contributed by atoms with van der Waals surface area (Å²) in [5.74, 6) is 1.02. The molecule has 32 heavy (non-hydrogen) atoms. The van der Waals surface area contributed by atoms with Crippen molar-refractivity contribution in [3.8, 4) is 11.5 Å². The second kappa shape index (κ2) is 8.48. The van der Waals surface area contributed by atoms with Crippen LogP contribution in [-0.2, 0) is 21.2 Å². The molecule has 0 spiro atoms. The van der Waals surface area contributed by atoms with Gasteiger partial charge in [-0.3, -0.25) is 4.79 Å². The van der Waals surface area contributed by atoms with Gasteiger partial charge in [0.05, 0.1) is 24.5 Å². The first-order valence-electron chi connectivity index (χ1n) is 10.7. The van der Waals surface area contributed by atoms with Gasteiger partial charge in [0.15, 0.2) is 11.5 Å². The summed E-state index contributed by atoms with van der Waals surface area (Å²) in [6.07, 6.45) is 2.91. The van der Waals surface area contributed by atoms with Crippen molar-refractivity contribution in [2.75, 3.05) is 39.4 Å². The monoisotopic (exact) mass is 455 g/mol. The zero-order valence-electron chi connectivity index (χ0n) is 17.6. The molecule has 2 aliphatic heterocycles. The van der Waals surface area contributed by atoms with Crippen LogP contribution in [0.4, 0.5) is 0 Å². The van der Waals surface area contributed by atoms with Crippen LogP contribution in [0.1, 0.15) is 12.0 Å². The van der Waals surface area contributed by atoms with Crippen LogP contribution in [0.25, 0.3) is 10.9 Å². The number of nitrogens with zero attached hydrogens (tertiary/aromatic N) is 2. The normalized spacial score (nSPS) is 17.3. The first-order valence-corrected chi connectivity index (χ1v) is 12.2. The first-order chi connectivity index (χ1) is 15.5. The van der Waals surface area contributed by atoms with Gasteiger partial charge in [-0.2, -0.15) is 4.31 Å². The van der Waals surface area contributed by atoms with Crippen LogP contribution in [0.2, 0.25) is 0 Å². The lowest BCUT2D eigenvalue weighted by atomic mass is 10.1. The van der Waals surface area contributed by atoms with Crippen LogP contribution >= 0.6 is 0 Å². The number of benzene rings is 2. The quantitative estimate of drug-likeness (QED) is 0.652. The molecule has 8 nitrogen and oxygen atoms in total. The first kappa shape index (κ1) is 20.8. The smallest absolute Gasteiger partial charge is 0.243 e. The largest absolute Gasteiger partial charge is 0.490 e. The van der Waals surface area contributed by atoms with E-state index in [1.165, 1.54) is 10.4 Å². The molecule has 0 bridgehead atoms. The maximum Gasteiger partial charge on any atom is 0.243 e. The van der Waals surface area contributed by atoms with E-state index < -0.39 is 10.0 Å². The van der Waals surface area contributed by atoms with E-state index >= 15 is 0 Å². The molecule has 1 amide bonds. The number of sulfonamides is 1. The number of hydrogen-bond donors (Lipinski definition) is 1. The van der Waals surface area contributed by atoms with Crippen molar-refractivity contribution in [2.45, 2.75) is 17.7 Å². The van der Waals surface area contributed by atoms with E-state index in [1.54, 1.807) is 17.0 Å². The number of carbonyl (C=O) groups is 1. The number of aromatic amines is 1. The summed E-state index contributed by atoms with van der Waals surface area (Å²) < 4.78 is 39.0. The molecule has 2 aromatic carbocycles. The zero-order chi connectivity index (χ0) is 22.1. The fourth-order valence-corrected chi connectivity index (χ4v) is 5.62. The summed E-state index contributed by atoms with van der Waals surface area (Å²) in [6, 6.07) is 12.6. The van der Waals surface area contributed by atoms with Crippen LogP contribution in [-0.4, -0.2) is 67.9 Å². The molecule has 0 atom stereocenters. The van der Waals surface area contributed by atoms with E-state index in [1.807, 2.05) is 30.5 Å². The Kier molecular flexibility index (Phi) is 5.52. The van der Waals surface area contributed by atoms with Gasteiger partial charge in [-0.25, -0.2) is 8.42 Å². The molecular formula is C23H25N3O5S. The van der Waals surface area contributed by atoms with Crippen molar-refractivity contribution in [2.24, 2.45) is 0 Å². The van der Waals surface area contributed by atoms with E-state index in [0.29, 0.717) is 44.2 Å².